The van der Waals surface area contributed by atoms with Crippen molar-refractivity contribution in [2.24, 2.45) is 0 Å². The van der Waals surface area contributed by atoms with E-state index in [0.717, 1.165) is 6.07 Å². The molecule has 0 saturated heterocycles. The standard InChI is InChI=1S/C10H10F3NO4S/c1-9(2,19(17)18)7-4-3-6(10(11,12)13)5-8(7)14(15)16/h3-5H,1-2H3,(H,17,18). The number of hydrogen-bond donors (Lipinski definition) is 1. The van der Waals surface area contributed by atoms with Crippen molar-refractivity contribution in [2.45, 2.75) is 24.8 Å². The van der Waals surface area contributed by atoms with Gasteiger partial charge in [-0.3, -0.25) is 10.1 Å². The number of rotatable bonds is 3. The third-order valence-electron chi connectivity index (χ3n) is 2.61. The first-order valence-electron chi connectivity index (χ1n) is 4.95. The van der Waals surface area contributed by atoms with Crippen LogP contribution in [0.3, 0.4) is 0 Å². The van der Waals surface area contributed by atoms with Crippen molar-refractivity contribution in [3.05, 3.63) is 39.4 Å². The van der Waals surface area contributed by atoms with Crippen molar-refractivity contribution < 1.29 is 26.9 Å². The van der Waals surface area contributed by atoms with Gasteiger partial charge in [0.15, 0.2) is 11.1 Å². The Hall–Kier alpha value is -1.48. The SMILES string of the molecule is CC(C)(c1ccc(C(F)(F)F)cc1[N+](=O)[O-])S(=O)O. The summed E-state index contributed by atoms with van der Waals surface area (Å²) >= 11 is -2.47. The summed E-state index contributed by atoms with van der Waals surface area (Å²) in [6.07, 6.45) is -4.72. The predicted octanol–water partition coefficient (Wildman–Crippen LogP) is 3.07. The summed E-state index contributed by atoms with van der Waals surface area (Å²) in [6.45, 7) is 2.47. The van der Waals surface area contributed by atoms with Gasteiger partial charge in [0, 0.05) is 6.07 Å². The third kappa shape index (κ3) is 3.10. The van der Waals surface area contributed by atoms with E-state index in [-0.39, 0.29) is 5.56 Å². The van der Waals surface area contributed by atoms with Gasteiger partial charge >= 0.3 is 6.18 Å². The molecule has 1 unspecified atom stereocenters. The Balaban J connectivity index is 3.52. The summed E-state index contributed by atoms with van der Waals surface area (Å²) in [5, 5.41) is 10.8. The molecule has 19 heavy (non-hydrogen) atoms. The van der Waals surface area contributed by atoms with Gasteiger partial charge < -0.3 is 4.55 Å². The first-order valence-corrected chi connectivity index (χ1v) is 6.05. The van der Waals surface area contributed by atoms with Crippen molar-refractivity contribution >= 4 is 16.8 Å². The van der Waals surface area contributed by atoms with Crippen LogP contribution in [-0.2, 0) is 22.0 Å². The number of halogens is 3. The molecule has 0 heterocycles. The number of benzene rings is 1. The fourth-order valence-electron chi connectivity index (χ4n) is 1.46. The van der Waals surface area contributed by atoms with Gasteiger partial charge in [-0.05, 0) is 26.0 Å². The van der Waals surface area contributed by atoms with Crippen molar-refractivity contribution in [2.75, 3.05) is 0 Å². The van der Waals surface area contributed by atoms with Gasteiger partial charge in [-0.25, -0.2) is 4.21 Å². The molecule has 0 aliphatic carbocycles. The monoisotopic (exact) mass is 297 g/mol. The Bertz CT molecular complexity index is 542. The van der Waals surface area contributed by atoms with Crippen LogP contribution in [0.4, 0.5) is 18.9 Å². The topological polar surface area (TPSA) is 80.4 Å². The predicted molar refractivity (Wildman–Crippen MR) is 61.9 cm³/mol. The van der Waals surface area contributed by atoms with Gasteiger partial charge in [0.2, 0.25) is 0 Å². The average molecular weight is 297 g/mol. The van der Waals surface area contributed by atoms with Crippen molar-refractivity contribution in [3.8, 4) is 0 Å². The second-order valence-corrected chi connectivity index (χ2v) is 5.77. The first kappa shape index (κ1) is 15.6. The third-order valence-corrected chi connectivity index (χ3v) is 3.70. The molecule has 1 aromatic carbocycles. The van der Waals surface area contributed by atoms with E-state index in [0.29, 0.717) is 12.1 Å². The number of hydrogen-bond acceptors (Lipinski definition) is 3. The molecule has 5 nitrogen and oxygen atoms in total. The van der Waals surface area contributed by atoms with Crippen LogP contribution in [0.1, 0.15) is 25.0 Å². The Morgan fingerprint density at radius 1 is 1.32 bits per heavy atom. The Morgan fingerprint density at radius 2 is 1.84 bits per heavy atom. The molecule has 1 N–H and O–H groups in total. The quantitative estimate of drug-likeness (QED) is 0.528. The number of nitro benzene ring substituents is 1. The molecular formula is C10H10F3NO4S. The summed E-state index contributed by atoms with van der Waals surface area (Å²) in [4.78, 5) is 9.83. The maximum atomic E-state index is 12.5. The van der Waals surface area contributed by atoms with Gasteiger partial charge in [-0.1, -0.05) is 0 Å². The lowest BCUT2D eigenvalue weighted by Crippen LogP contribution is -2.24. The molecule has 0 spiro atoms. The minimum atomic E-state index is -4.72. The molecule has 106 valence electrons. The second kappa shape index (κ2) is 4.89. The lowest BCUT2D eigenvalue weighted by molar-refractivity contribution is -0.386. The van der Waals surface area contributed by atoms with Gasteiger partial charge in [-0.15, -0.1) is 0 Å². The number of nitrogens with zero attached hydrogens (tertiary/aromatic N) is 1. The van der Waals surface area contributed by atoms with Crippen molar-refractivity contribution in [1.82, 2.24) is 0 Å². The zero-order chi connectivity index (χ0) is 15.0. The summed E-state index contributed by atoms with van der Waals surface area (Å²) in [5.41, 5.74) is -2.24. The molecule has 1 aromatic rings. The molecule has 0 aliphatic heterocycles. The van der Waals surface area contributed by atoms with Crippen LogP contribution in [0.5, 0.6) is 0 Å². The van der Waals surface area contributed by atoms with Crippen LogP contribution in [0.2, 0.25) is 0 Å². The summed E-state index contributed by atoms with van der Waals surface area (Å²) in [7, 11) is 0. The van der Waals surface area contributed by atoms with E-state index in [9.17, 15) is 27.5 Å². The first-order chi connectivity index (χ1) is 8.48. The Labute approximate surface area is 108 Å². The minimum absolute atomic E-state index is 0.230. The molecule has 0 saturated carbocycles. The smallest absolute Gasteiger partial charge is 0.305 e. The zero-order valence-corrected chi connectivity index (χ0v) is 10.7. The summed E-state index contributed by atoms with van der Waals surface area (Å²) in [6, 6.07) is 1.87. The normalized spacial score (nSPS) is 14.2. The lowest BCUT2D eigenvalue weighted by atomic mass is 9.98. The highest BCUT2D eigenvalue weighted by Gasteiger charge is 2.38. The Kier molecular flexibility index (Phi) is 4.01. The molecule has 1 atom stereocenters. The molecule has 0 bridgehead atoms. The fourth-order valence-corrected chi connectivity index (χ4v) is 1.82. The van der Waals surface area contributed by atoms with E-state index in [1.165, 1.54) is 13.8 Å². The van der Waals surface area contributed by atoms with E-state index < -0.39 is 38.2 Å². The minimum Gasteiger partial charge on any atom is -0.305 e. The molecular weight excluding hydrogens is 287 g/mol. The van der Waals surface area contributed by atoms with Crippen LogP contribution in [0.15, 0.2) is 18.2 Å². The number of alkyl halides is 3. The highest BCUT2D eigenvalue weighted by atomic mass is 32.2. The zero-order valence-electron chi connectivity index (χ0n) is 9.89. The van der Waals surface area contributed by atoms with Crippen LogP contribution < -0.4 is 0 Å². The number of nitro groups is 1. The van der Waals surface area contributed by atoms with Crippen LogP contribution in [0.25, 0.3) is 0 Å². The van der Waals surface area contributed by atoms with Gasteiger partial charge in [-0.2, -0.15) is 13.2 Å². The van der Waals surface area contributed by atoms with Gasteiger partial charge in [0.25, 0.3) is 5.69 Å². The lowest BCUT2D eigenvalue weighted by Gasteiger charge is -2.21. The van der Waals surface area contributed by atoms with Crippen LogP contribution in [-0.4, -0.2) is 13.7 Å². The fraction of sp³-hybridized carbons (Fsp3) is 0.400. The van der Waals surface area contributed by atoms with Gasteiger partial charge in [0.1, 0.15) is 0 Å². The second-order valence-electron chi connectivity index (χ2n) is 4.25. The van der Waals surface area contributed by atoms with E-state index >= 15 is 0 Å². The molecule has 1 rings (SSSR count). The van der Waals surface area contributed by atoms with Crippen LogP contribution in [0, 0.1) is 10.1 Å². The summed E-state index contributed by atoms with van der Waals surface area (Å²) in [5.74, 6) is 0. The van der Waals surface area contributed by atoms with E-state index in [4.69, 9.17) is 4.55 Å². The maximum absolute atomic E-state index is 12.5. The highest BCUT2D eigenvalue weighted by molar-refractivity contribution is 7.80. The van der Waals surface area contributed by atoms with E-state index in [1.54, 1.807) is 0 Å². The molecule has 0 radical (unpaired) electrons. The molecule has 9 heteroatoms. The Morgan fingerprint density at radius 3 is 2.21 bits per heavy atom. The molecule has 0 aromatic heterocycles. The largest absolute Gasteiger partial charge is 0.416 e. The van der Waals surface area contributed by atoms with Crippen molar-refractivity contribution in [3.63, 3.8) is 0 Å². The van der Waals surface area contributed by atoms with E-state index in [2.05, 4.69) is 0 Å². The highest BCUT2D eigenvalue weighted by Crippen LogP contribution is 2.38. The van der Waals surface area contributed by atoms with Crippen molar-refractivity contribution in [1.29, 1.82) is 0 Å². The van der Waals surface area contributed by atoms with E-state index in [1.807, 2.05) is 0 Å². The maximum Gasteiger partial charge on any atom is 0.416 e. The van der Waals surface area contributed by atoms with Crippen LogP contribution >= 0.6 is 0 Å². The van der Waals surface area contributed by atoms with Gasteiger partial charge in [0.05, 0.1) is 20.8 Å². The summed E-state index contributed by atoms with van der Waals surface area (Å²) < 4.78 is 56.2. The molecule has 0 aliphatic rings. The molecule has 0 amide bonds. The molecule has 0 fully saturated rings. The average Bonchev–Trinajstić information content (AvgIpc) is 2.26.